The molecule has 5 nitrogen and oxygen atoms in total. The minimum absolute atomic E-state index is 0.0754. The Hall–Kier alpha value is -2.56. The van der Waals surface area contributed by atoms with Crippen molar-refractivity contribution in [3.8, 4) is 5.75 Å². The fourth-order valence-corrected chi connectivity index (χ4v) is 2.42. The molecule has 0 saturated heterocycles. The molecule has 0 aliphatic rings. The van der Waals surface area contributed by atoms with E-state index in [4.69, 9.17) is 10.5 Å². The second-order valence-corrected chi connectivity index (χ2v) is 5.35. The Morgan fingerprint density at radius 2 is 1.82 bits per heavy atom. The van der Waals surface area contributed by atoms with Crippen molar-refractivity contribution in [1.82, 2.24) is 4.90 Å². The first-order chi connectivity index (χ1) is 10.4. The van der Waals surface area contributed by atoms with Crippen LogP contribution in [0.4, 0.5) is 0 Å². The van der Waals surface area contributed by atoms with Crippen LogP contribution in [-0.2, 0) is 9.59 Å². The first-order valence-corrected chi connectivity index (χ1v) is 7.03. The fourth-order valence-electron chi connectivity index (χ4n) is 2.42. The van der Waals surface area contributed by atoms with E-state index in [1.54, 1.807) is 14.2 Å². The van der Waals surface area contributed by atoms with Gasteiger partial charge < -0.3 is 15.4 Å². The molecule has 22 heavy (non-hydrogen) atoms. The lowest BCUT2D eigenvalue weighted by atomic mass is 9.96. The summed E-state index contributed by atoms with van der Waals surface area (Å²) in [6.07, 6.45) is 0. The number of rotatable bonds is 5. The summed E-state index contributed by atoms with van der Waals surface area (Å²) >= 11 is 0. The van der Waals surface area contributed by atoms with Gasteiger partial charge >= 0.3 is 0 Å². The zero-order valence-electron chi connectivity index (χ0n) is 13.0. The van der Waals surface area contributed by atoms with Gasteiger partial charge in [0, 0.05) is 7.05 Å². The Bertz CT molecular complexity index is 712. The molecule has 0 spiro atoms. The largest absolute Gasteiger partial charge is 0.497 e. The van der Waals surface area contributed by atoms with E-state index in [0.29, 0.717) is 0 Å². The van der Waals surface area contributed by atoms with Crippen LogP contribution in [0.3, 0.4) is 0 Å². The minimum Gasteiger partial charge on any atom is -0.497 e. The quantitative estimate of drug-likeness (QED) is 0.916. The number of primary amides is 1. The van der Waals surface area contributed by atoms with Crippen molar-refractivity contribution in [2.45, 2.75) is 12.8 Å². The summed E-state index contributed by atoms with van der Waals surface area (Å²) in [7, 11) is 3.21. The first-order valence-electron chi connectivity index (χ1n) is 7.03. The molecule has 2 rings (SSSR count). The molecule has 0 aromatic heterocycles. The Labute approximate surface area is 129 Å². The van der Waals surface area contributed by atoms with Crippen LogP contribution in [0.25, 0.3) is 10.8 Å². The Morgan fingerprint density at radius 3 is 2.45 bits per heavy atom. The minimum atomic E-state index is -0.520. The lowest BCUT2D eigenvalue weighted by Crippen LogP contribution is -2.37. The molecule has 2 amide bonds. The van der Waals surface area contributed by atoms with Crippen LogP contribution >= 0.6 is 0 Å². The first kappa shape index (κ1) is 15.8. The van der Waals surface area contributed by atoms with Gasteiger partial charge in [-0.3, -0.25) is 9.59 Å². The van der Waals surface area contributed by atoms with Crippen LogP contribution in [0.1, 0.15) is 18.4 Å². The highest BCUT2D eigenvalue weighted by molar-refractivity contribution is 5.90. The lowest BCUT2D eigenvalue weighted by molar-refractivity contribution is -0.134. The molecule has 0 unspecified atom stereocenters. The molecule has 0 saturated carbocycles. The van der Waals surface area contributed by atoms with E-state index in [1.807, 2.05) is 43.3 Å². The molecule has 2 aromatic rings. The number of carbonyl (C=O) groups is 2. The highest BCUT2D eigenvalue weighted by Gasteiger charge is 2.20. The zero-order chi connectivity index (χ0) is 16.3. The fraction of sp³-hybridized carbons (Fsp3) is 0.294. The summed E-state index contributed by atoms with van der Waals surface area (Å²) in [5.74, 6) is -0.193. The van der Waals surface area contributed by atoms with E-state index in [1.165, 1.54) is 4.90 Å². The number of methoxy groups -OCH3 is 1. The average Bonchev–Trinajstić information content (AvgIpc) is 2.51. The number of benzene rings is 2. The smallest absolute Gasteiger partial charge is 0.237 e. The van der Waals surface area contributed by atoms with E-state index < -0.39 is 5.91 Å². The Morgan fingerprint density at radius 1 is 1.18 bits per heavy atom. The molecule has 5 heteroatoms. The number of nitrogens with two attached hydrogens (primary N) is 1. The summed E-state index contributed by atoms with van der Waals surface area (Å²) in [6.45, 7) is 1.75. The lowest BCUT2D eigenvalue weighted by Gasteiger charge is -2.20. The molecule has 0 bridgehead atoms. The number of hydrogen-bond acceptors (Lipinski definition) is 3. The number of fused-ring (bicyclic) bond motifs is 1. The van der Waals surface area contributed by atoms with E-state index >= 15 is 0 Å². The molecular formula is C17H20N2O3. The third-order valence-corrected chi connectivity index (χ3v) is 3.71. The number of carbonyl (C=O) groups excluding carboxylic acids is 2. The van der Waals surface area contributed by atoms with Gasteiger partial charge in [0.2, 0.25) is 11.8 Å². The van der Waals surface area contributed by atoms with Crippen LogP contribution < -0.4 is 10.5 Å². The van der Waals surface area contributed by atoms with Crippen LogP contribution in [0.5, 0.6) is 5.75 Å². The summed E-state index contributed by atoms with van der Waals surface area (Å²) in [6, 6.07) is 11.7. The normalized spacial score (nSPS) is 12.0. The third kappa shape index (κ3) is 3.36. The molecule has 0 aliphatic carbocycles. The van der Waals surface area contributed by atoms with Gasteiger partial charge in [0.1, 0.15) is 5.75 Å². The molecule has 0 fully saturated rings. The second kappa shape index (κ2) is 6.47. The van der Waals surface area contributed by atoms with Crippen molar-refractivity contribution in [2.75, 3.05) is 20.7 Å². The van der Waals surface area contributed by atoms with Crippen molar-refractivity contribution < 1.29 is 14.3 Å². The predicted octanol–water partition coefficient (Wildman–Crippen LogP) is 1.90. The Balaban J connectivity index is 2.26. The van der Waals surface area contributed by atoms with Crippen molar-refractivity contribution in [2.24, 2.45) is 5.73 Å². The van der Waals surface area contributed by atoms with Gasteiger partial charge in [0.15, 0.2) is 0 Å². The van der Waals surface area contributed by atoms with Crippen LogP contribution in [0, 0.1) is 0 Å². The SMILES string of the molecule is COc1ccc2cc([C@H](C)C(=O)N(C)CC(N)=O)ccc2c1. The molecular weight excluding hydrogens is 280 g/mol. The maximum Gasteiger partial charge on any atom is 0.237 e. The van der Waals surface area contributed by atoms with Crippen molar-refractivity contribution in [3.05, 3.63) is 42.0 Å². The van der Waals surface area contributed by atoms with Crippen LogP contribution in [0.15, 0.2) is 36.4 Å². The van der Waals surface area contributed by atoms with Crippen molar-refractivity contribution in [3.63, 3.8) is 0 Å². The van der Waals surface area contributed by atoms with Gasteiger partial charge in [-0.25, -0.2) is 0 Å². The highest BCUT2D eigenvalue weighted by atomic mass is 16.5. The Kier molecular flexibility index (Phi) is 4.65. The second-order valence-electron chi connectivity index (χ2n) is 5.35. The van der Waals surface area contributed by atoms with E-state index in [2.05, 4.69) is 0 Å². The van der Waals surface area contributed by atoms with Gasteiger partial charge in [0.05, 0.1) is 19.6 Å². The maximum atomic E-state index is 12.3. The zero-order valence-corrected chi connectivity index (χ0v) is 13.0. The predicted molar refractivity (Wildman–Crippen MR) is 85.7 cm³/mol. The number of likely N-dealkylation sites (N-methyl/N-ethyl adjacent to an activating group) is 1. The number of nitrogens with zero attached hydrogens (tertiary/aromatic N) is 1. The van der Waals surface area contributed by atoms with Crippen molar-refractivity contribution in [1.29, 1.82) is 0 Å². The van der Waals surface area contributed by atoms with Crippen molar-refractivity contribution >= 4 is 22.6 Å². The molecule has 2 aromatic carbocycles. The topological polar surface area (TPSA) is 72.6 Å². The average molecular weight is 300 g/mol. The molecule has 0 radical (unpaired) electrons. The monoisotopic (exact) mass is 300 g/mol. The molecule has 0 aliphatic heterocycles. The third-order valence-electron chi connectivity index (χ3n) is 3.71. The van der Waals surface area contributed by atoms with E-state index in [-0.39, 0.29) is 18.4 Å². The van der Waals surface area contributed by atoms with Crippen LogP contribution in [-0.4, -0.2) is 37.4 Å². The maximum absolute atomic E-state index is 12.3. The molecule has 0 heterocycles. The number of amides is 2. The standard InChI is InChI=1S/C17H20N2O3/c1-11(17(21)19(2)10-16(18)20)12-4-5-14-9-15(22-3)7-6-13(14)8-12/h4-9,11H,10H2,1-3H3,(H2,18,20)/t11-/m0/s1. The highest BCUT2D eigenvalue weighted by Crippen LogP contribution is 2.25. The van der Waals surface area contributed by atoms with E-state index in [0.717, 1.165) is 22.1 Å². The van der Waals surface area contributed by atoms with Gasteiger partial charge in [-0.1, -0.05) is 24.3 Å². The van der Waals surface area contributed by atoms with E-state index in [9.17, 15) is 9.59 Å². The molecule has 116 valence electrons. The van der Waals surface area contributed by atoms with Gasteiger partial charge in [-0.05, 0) is 35.4 Å². The number of hydrogen-bond donors (Lipinski definition) is 1. The summed E-state index contributed by atoms with van der Waals surface area (Å²) in [4.78, 5) is 24.6. The van der Waals surface area contributed by atoms with Gasteiger partial charge in [-0.2, -0.15) is 0 Å². The number of ether oxygens (including phenoxy) is 1. The summed E-state index contributed by atoms with van der Waals surface area (Å²) in [5.41, 5.74) is 6.03. The summed E-state index contributed by atoms with van der Waals surface area (Å²) < 4.78 is 5.20. The van der Waals surface area contributed by atoms with Gasteiger partial charge in [0.25, 0.3) is 0 Å². The summed E-state index contributed by atoms with van der Waals surface area (Å²) in [5, 5.41) is 2.09. The molecule has 1 atom stereocenters. The molecule has 2 N–H and O–H groups in total. The van der Waals surface area contributed by atoms with Gasteiger partial charge in [-0.15, -0.1) is 0 Å². The van der Waals surface area contributed by atoms with Crippen LogP contribution in [0.2, 0.25) is 0 Å².